The van der Waals surface area contributed by atoms with E-state index >= 15 is 0 Å². The maximum atomic E-state index is 6.02. The van der Waals surface area contributed by atoms with E-state index in [1.807, 2.05) is 0 Å². The summed E-state index contributed by atoms with van der Waals surface area (Å²) in [5.74, 6) is 0. The molecular weight excluding hydrogens is 234 g/mol. The number of anilines is 1. The number of hydrogen-bond acceptors (Lipinski definition) is 3. The van der Waals surface area contributed by atoms with Crippen molar-refractivity contribution in [1.82, 2.24) is 4.90 Å². The molecule has 1 aromatic rings. The summed E-state index contributed by atoms with van der Waals surface area (Å²) in [4.78, 5) is 4.91. The van der Waals surface area contributed by atoms with Crippen LogP contribution in [0.2, 0.25) is 0 Å². The number of aryl methyl sites for hydroxylation is 1. The number of rotatable bonds is 2. The Hall–Kier alpha value is -1.06. The molecule has 0 spiro atoms. The van der Waals surface area contributed by atoms with E-state index in [9.17, 15) is 0 Å². The molecule has 0 aliphatic carbocycles. The average Bonchev–Trinajstić information content (AvgIpc) is 2.44. The molecule has 1 atom stereocenters. The Balaban J connectivity index is 2.33. The van der Waals surface area contributed by atoms with E-state index in [1.54, 1.807) is 0 Å². The van der Waals surface area contributed by atoms with E-state index in [1.165, 1.54) is 11.3 Å². The molecule has 1 aromatic carbocycles. The van der Waals surface area contributed by atoms with Crippen molar-refractivity contribution in [2.75, 3.05) is 38.1 Å². The molecule has 0 aromatic heterocycles. The first kappa shape index (κ1) is 14.4. The van der Waals surface area contributed by atoms with Crippen molar-refractivity contribution >= 4 is 5.69 Å². The second kappa shape index (κ2) is 5.51. The standard InChI is InChI=1S/C16H27N3/c1-13-6-5-7-14(8-13)19-12-16(2,3)11-18(4)10-15(19)9-17/h5-8,15H,9-12,17H2,1-4H3. The Morgan fingerprint density at radius 2 is 2.05 bits per heavy atom. The largest absolute Gasteiger partial charge is 0.365 e. The molecule has 0 bridgehead atoms. The number of likely N-dealkylation sites (N-methyl/N-ethyl adjacent to an activating group) is 1. The summed E-state index contributed by atoms with van der Waals surface area (Å²) in [5, 5.41) is 0. The third-order valence-corrected chi connectivity index (χ3v) is 3.86. The van der Waals surface area contributed by atoms with Gasteiger partial charge in [-0.25, -0.2) is 0 Å². The molecule has 1 aliphatic heterocycles. The molecule has 2 N–H and O–H groups in total. The van der Waals surface area contributed by atoms with Gasteiger partial charge in [0.2, 0.25) is 0 Å². The Labute approximate surface area is 117 Å². The second-order valence-corrected chi connectivity index (χ2v) is 6.72. The highest BCUT2D eigenvalue weighted by Gasteiger charge is 2.32. The molecule has 3 nitrogen and oxygen atoms in total. The van der Waals surface area contributed by atoms with Crippen molar-refractivity contribution < 1.29 is 0 Å². The molecule has 1 aliphatic rings. The predicted octanol–water partition coefficient (Wildman–Crippen LogP) is 2.10. The van der Waals surface area contributed by atoms with Gasteiger partial charge in [0, 0.05) is 31.9 Å². The van der Waals surface area contributed by atoms with Gasteiger partial charge in [-0.1, -0.05) is 26.0 Å². The van der Waals surface area contributed by atoms with Crippen molar-refractivity contribution in [1.29, 1.82) is 0 Å². The zero-order valence-electron chi connectivity index (χ0n) is 12.7. The summed E-state index contributed by atoms with van der Waals surface area (Å²) in [6.07, 6.45) is 0. The van der Waals surface area contributed by atoms with E-state index in [4.69, 9.17) is 5.73 Å². The van der Waals surface area contributed by atoms with Crippen molar-refractivity contribution in [2.45, 2.75) is 26.8 Å². The number of benzene rings is 1. The van der Waals surface area contributed by atoms with Gasteiger partial charge in [-0.05, 0) is 37.1 Å². The van der Waals surface area contributed by atoms with Crippen LogP contribution >= 0.6 is 0 Å². The zero-order valence-corrected chi connectivity index (χ0v) is 12.7. The number of nitrogens with two attached hydrogens (primary N) is 1. The number of nitrogens with zero attached hydrogens (tertiary/aromatic N) is 2. The van der Waals surface area contributed by atoms with Crippen LogP contribution in [0, 0.1) is 12.3 Å². The normalized spacial score (nSPS) is 24.3. The Bertz CT molecular complexity index is 428. The molecule has 1 fully saturated rings. The van der Waals surface area contributed by atoms with Crippen molar-refractivity contribution in [3.05, 3.63) is 29.8 Å². The molecule has 106 valence electrons. The monoisotopic (exact) mass is 261 g/mol. The van der Waals surface area contributed by atoms with Gasteiger partial charge in [-0.15, -0.1) is 0 Å². The van der Waals surface area contributed by atoms with E-state index in [2.05, 4.69) is 61.9 Å². The summed E-state index contributed by atoms with van der Waals surface area (Å²) in [7, 11) is 2.20. The summed E-state index contributed by atoms with van der Waals surface area (Å²) in [5.41, 5.74) is 8.91. The van der Waals surface area contributed by atoms with Crippen molar-refractivity contribution in [3.63, 3.8) is 0 Å². The number of hydrogen-bond donors (Lipinski definition) is 1. The van der Waals surface area contributed by atoms with Crippen LogP contribution in [0.3, 0.4) is 0 Å². The van der Waals surface area contributed by atoms with Gasteiger partial charge in [-0.2, -0.15) is 0 Å². The average molecular weight is 261 g/mol. The molecule has 19 heavy (non-hydrogen) atoms. The second-order valence-electron chi connectivity index (χ2n) is 6.72. The van der Waals surface area contributed by atoms with Crippen LogP contribution in [-0.4, -0.2) is 44.2 Å². The van der Waals surface area contributed by atoms with Gasteiger partial charge in [0.25, 0.3) is 0 Å². The quantitative estimate of drug-likeness (QED) is 0.885. The fourth-order valence-corrected chi connectivity index (χ4v) is 3.20. The summed E-state index contributed by atoms with van der Waals surface area (Å²) >= 11 is 0. The topological polar surface area (TPSA) is 32.5 Å². The molecule has 1 heterocycles. The Kier molecular flexibility index (Phi) is 4.16. The SMILES string of the molecule is Cc1cccc(N2CC(C)(C)CN(C)CC2CN)c1. The molecule has 0 saturated carbocycles. The first-order valence-corrected chi connectivity index (χ1v) is 7.13. The lowest BCUT2D eigenvalue weighted by molar-refractivity contribution is 0.239. The fraction of sp³-hybridized carbons (Fsp3) is 0.625. The van der Waals surface area contributed by atoms with E-state index in [-0.39, 0.29) is 5.41 Å². The van der Waals surface area contributed by atoms with Gasteiger partial charge < -0.3 is 15.5 Å². The van der Waals surface area contributed by atoms with Crippen LogP contribution < -0.4 is 10.6 Å². The summed E-state index contributed by atoms with van der Waals surface area (Å²) < 4.78 is 0. The van der Waals surface area contributed by atoms with E-state index in [0.29, 0.717) is 12.6 Å². The first-order chi connectivity index (χ1) is 8.91. The maximum Gasteiger partial charge on any atom is 0.0539 e. The minimum Gasteiger partial charge on any atom is -0.365 e. The van der Waals surface area contributed by atoms with Gasteiger partial charge in [-0.3, -0.25) is 0 Å². The van der Waals surface area contributed by atoms with Crippen molar-refractivity contribution in [3.8, 4) is 0 Å². The smallest absolute Gasteiger partial charge is 0.0539 e. The van der Waals surface area contributed by atoms with Gasteiger partial charge in [0.15, 0.2) is 0 Å². The predicted molar refractivity (Wildman–Crippen MR) is 82.6 cm³/mol. The van der Waals surface area contributed by atoms with Crippen LogP contribution in [0.1, 0.15) is 19.4 Å². The molecule has 1 unspecified atom stereocenters. The minimum atomic E-state index is 0.280. The Morgan fingerprint density at radius 1 is 1.32 bits per heavy atom. The van der Waals surface area contributed by atoms with E-state index in [0.717, 1.165) is 19.6 Å². The lowest BCUT2D eigenvalue weighted by Gasteiger charge is -2.35. The first-order valence-electron chi connectivity index (χ1n) is 7.13. The molecule has 1 saturated heterocycles. The highest BCUT2D eigenvalue weighted by molar-refractivity contribution is 5.50. The summed E-state index contributed by atoms with van der Waals surface area (Å²) in [6, 6.07) is 9.16. The van der Waals surface area contributed by atoms with Crippen LogP contribution in [-0.2, 0) is 0 Å². The summed E-state index contributed by atoms with van der Waals surface area (Å²) in [6.45, 7) is 10.7. The third-order valence-electron chi connectivity index (χ3n) is 3.86. The van der Waals surface area contributed by atoms with Crippen LogP contribution in [0.4, 0.5) is 5.69 Å². The lowest BCUT2D eigenvalue weighted by atomic mass is 9.92. The minimum absolute atomic E-state index is 0.280. The highest BCUT2D eigenvalue weighted by atomic mass is 15.3. The molecule has 3 heteroatoms. The van der Waals surface area contributed by atoms with Crippen LogP contribution in [0.5, 0.6) is 0 Å². The van der Waals surface area contributed by atoms with E-state index < -0.39 is 0 Å². The molecule has 0 radical (unpaired) electrons. The van der Waals surface area contributed by atoms with Crippen LogP contribution in [0.15, 0.2) is 24.3 Å². The third kappa shape index (κ3) is 3.48. The lowest BCUT2D eigenvalue weighted by Crippen LogP contribution is -2.46. The maximum absolute atomic E-state index is 6.02. The molecule has 2 rings (SSSR count). The highest BCUT2D eigenvalue weighted by Crippen LogP contribution is 2.28. The molecular formula is C16H27N3. The Morgan fingerprint density at radius 3 is 2.68 bits per heavy atom. The fourth-order valence-electron chi connectivity index (χ4n) is 3.20. The van der Waals surface area contributed by atoms with Gasteiger partial charge >= 0.3 is 0 Å². The van der Waals surface area contributed by atoms with Gasteiger partial charge in [0.1, 0.15) is 0 Å². The van der Waals surface area contributed by atoms with Crippen molar-refractivity contribution in [2.24, 2.45) is 11.1 Å². The molecule has 0 amide bonds. The van der Waals surface area contributed by atoms with Gasteiger partial charge in [0.05, 0.1) is 6.04 Å². The zero-order chi connectivity index (χ0) is 14.0. The van der Waals surface area contributed by atoms with Crippen LogP contribution in [0.25, 0.3) is 0 Å².